The number of para-hydroxylation sites is 1. The number of rotatable bonds is 8. The van der Waals surface area contributed by atoms with Crippen LogP contribution in [0.25, 0.3) is 0 Å². The quantitative estimate of drug-likeness (QED) is 0.508. The van der Waals surface area contributed by atoms with E-state index >= 15 is 0 Å². The van der Waals surface area contributed by atoms with E-state index in [9.17, 15) is 0 Å². The molecule has 0 N–H and O–H groups in total. The van der Waals surface area contributed by atoms with Crippen molar-refractivity contribution in [2.45, 2.75) is 5.92 Å². The normalized spacial score (nSPS) is 10.6. The summed E-state index contributed by atoms with van der Waals surface area (Å²) in [6.07, 6.45) is 0. The molecule has 3 aromatic rings. The molecular weight excluding hydrogens is 368 g/mol. The van der Waals surface area contributed by atoms with E-state index in [0.717, 1.165) is 22.4 Å². The number of methoxy groups -OCH3 is 5. The minimum atomic E-state index is -0.316. The van der Waals surface area contributed by atoms with E-state index < -0.39 is 0 Å². The van der Waals surface area contributed by atoms with E-state index in [1.165, 1.54) is 0 Å². The number of hydrogen-bond acceptors (Lipinski definition) is 5. The fourth-order valence-electron chi connectivity index (χ4n) is 3.69. The van der Waals surface area contributed by atoms with Gasteiger partial charge in [0.2, 0.25) is 0 Å². The standard InChI is InChI=1S/C24H26O5/c1-25-17-11-7-6-10-16(17)22(23-18(26-2)12-8-13-19(23)27-3)24-20(28-4)14-9-15-21(24)29-5/h6-15,22H,1-5H3. The third-order valence-electron chi connectivity index (χ3n) is 4.96. The zero-order valence-electron chi connectivity index (χ0n) is 17.4. The first-order chi connectivity index (χ1) is 14.2. The SMILES string of the molecule is COc1ccccc1C(c1c(OC)cccc1OC)c1c(OC)cccc1OC. The highest BCUT2D eigenvalue weighted by atomic mass is 16.5. The van der Waals surface area contributed by atoms with E-state index in [1.807, 2.05) is 60.7 Å². The van der Waals surface area contributed by atoms with Gasteiger partial charge in [-0.3, -0.25) is 0 Å². The molecule has 0 aliphatic carbocycles. The predicted octanol–water partition coefficient (Wildman–Crippen LogP) is 4.91. The van der Waals surface area contributed by atoms with Gasteiger partial charge in [-0.05, 0) is 30.3 Å². The Hall–Kier alpha value is -3.34. The van der Waals surface area contributed by atoms with Gasteiger partial charge in [0.1, 0.15) is 28.7 Å². The van der Waals surface area contributed by atoms with Crippen molar-refractivity contribution < 1.29 is 23.7 Å². The van der Waals surface area contributed by atoms with Crippen LogP contribution in [0.15, 0.2) is 60.7 Å². The Morgan fingerprint density at radius 1 is 0.448 bits per heavy atom. The van der Waals surface area contributed by atoms with Crippen molar-refractivity contribution in [2.24, 2.45) is 0 Å². The van der Waals surface area contributed by atoms with Gasteiger partial charge in [-0.2, -0.15) is 0 Å². The maximum absolute atomic E-state index is 5.73. The number of benzene rings is 3. The first-order valence-corrected chi connectivity index (χ1v) is 9.24. The molecule has 0 aliphatic rings. The molecular formula is C24H26O5. The van der Waals surface area contributed by atoms with E-state index in [4.69, 9.17) is 23.7 Å². The van der Waals surface area contributed by atoms with Crippen molar-refractivity contribution in [1.82, 2.24) is 0 Å². The minimum absolute atomic E-state index is 0.316. The van der Waals surface area contributed by atoms with Gasteiger partial charge in [0.05, 0.1) is 41.5 Å². The van der Waals surface area contributed by atoms with Crippen molar-refractivity contribution >= 4 is 0 Å². The highest BCUT2D eigenvalue weighted by Crippen LogP contribution is 2.50. The maximum Gasteiger partial charge on any atom is 0.126 e. The van der Waals surface area contributed by atoms with Crippen molar-refractivity contribution in [1.29, 1.82) is 0 Å². The van der Waals surface area contributed by atoms with E-state index in [0.29, 0.717) is 23.0 Å². The zero-order valence-corrected chi connectivity index (χ0v) is 17.4. The molecule has 0 saturated heterocycles. The highest BCUT2D eigenvalue weighted by molar-refractivity contribution is 5.63. The molecule has 3 rings (SSSR count). The Morgan fingerprint density at radius 2 is 0.793 bits per heavy atom. The van der Waals surface area contributed by atoms with Gasteiger partial charge in [-0.1, -0.05) is 30.3 Å². The van der Waals surface area contributed by atoms with Gasteiger partial charge < -0.3 is 23.7 Å². The summed E-state index contributed by atoms with van der Waals surface area (Å²) in [5.41, 5.74) is 2.68. The van der Waals surface area contributed by atoms with Crippen molar-refractivity contribution in [3.63, 3.8) is 0 Å². The molecule has 0 radical (unpaired) electrons. The summed E-state index contributed by atoms with van der Waals surface area (Å²) in [4.78, 5) is 0. The first kappa shape index (κ1) is 20.4. The van der Waals surface area contributed by atoms with Gasteiger partial charge in [-0.25, -0.2) is 0 Å². The van der Waals surface area contributed by atoms with Gasteiger partial charge in [0.15, 0.2) is 0 Å². The Morgan fingerprint density at radius 3 is 1.17 bits per heavy atom. The molecule has 0 spiro atoms. The average Bonchev–Trinajstić information content (AvgIpc) is 2.79. The molecule has 0 atom stereocenters. The summed E-state index contributed by atoms with van der Waals surface area (Å²) < 4.78 is 28.6. The molecule has 3 aromatic carbocycles. The van der Waals surface area contributed by atoms with E-state index in [1.54, 1.807) is 35.5 Å². The van der Waals surface area contributed by atoms with Crippen molar-refractivity contribution in [3.8, 4) is 28.7 Å². The number of hydrogen-bond donors (Lipinski definition) is 0. The van der Waals surface area contributed by atoms with Crippen LogP contribution in [0.1, 0.15) is 22.6 Å². The Bertz CT molecular complexity index is 867. The van der Waals surface area contributed by atoms with Crippen LogP contribution >= 0.6 is 0 Å². The Kier molecular flexibility index (Phi) is 6.50. The van der Waals surface area contributed by atoms with Crippen LogP contribution < -0.4 is 23.7 Å². The van der Waals surface area contributed by atoms with E-state index in [2.05, 4.69) is 0 Å². The predicted molar refractivity (Wildman–Crippen MR) is 113 cm³/mol. The van der Waals surface area contributed by atoms with Gasteiger partial charge in [0.25, 0.3) is 0 Å². The molecule has 5 nitrogen and oxygen atoms in total. The molecule has 0 unspecified atom stereocenters. The molecule has 0 saturated carbocycles. The third kappa shape index (κ3) is 3.81. The lowest BCUT2D eigenvalue weighted by atomic mass is 9.82. The van der Waals surface area contributed by atoms with Crippen molar-refractivity contribution in [2.75, 3.05) is 35.5 Å². The second-order valence-corrected chi connectivity index (χ2v) is 6.33. The van der Waals surface area contributed by atoms with Gasteiger partial charge in [0, 0.05) is 16.7 Å². The maximum atomic E-state index is 5.73. The monoisotopic (exact) mass is 394 g/mol. The lowest BCUT2D eigenvalue weighted by Crippen LogP contribution is -2.11. The lowest BCUT2D eigenvalue weighted by molar-refractivity contribution is 0.370. The molecule has 0 amide bonds. The van der Waals surface area contributed by atoms with Crippen molar-refractivity contribution in [3.05, 3.63) is 77.4 Å². The van der Waals surface area contributed by atoms with Gasteiger partial charge >= 0.3 is 0 Å². The summed E-state index contributed by atoms with van der Waals surface area (Å²) >= 11 is 0. The molecule has 0 heterocycles. The fraction of sp³-hybridized carbons (Fsp3) is 0.250. The summed E-state index contributed by atoms with van der Waals surface area (Å²) in [6.45, 7) is 0. The van der Waals surface area contributed by atoms with E-state index in [-0.39, 0.29) is 5.92 Å². The largest absolute Gasteiger partial charge is 0.496 e. The van der Waals surface area contributed by atoms with Crippen LogP contribution in [-0.2, 0) is 0 Å². The highest BCUT2D eigenvalue weighted by Gasteiger charge is 2.31. The topological polar surface area (TPSA) is 46.2 Å². The first-order valence-electron chi connectivity index (χ1n) is 9.24. The smallest absolute Gasteiger partial charge is 0.126 e. The molecule has 0 aliphatic heterocycles. The van der Waals surface area contributed by atoms with Crippen LogP contribution in [0.4, 0.5) is 0 Å². The minimum Gasteiger partial charge on any atom is -0.496 e. The molecule has 5 heteroatoms. The third-order valence-corrected chi connectivity index (χ3v) is 4.96. The van der Waals surface area contributed by atoms with Crippen LogP contribution in [-0.4, -0.2) is 35.5 Å². The second kappa shape index (κ2) is 9.24. The van der Waals surface area contributed by atoms with Crippen LogP contribution in [0.3, 0.4) is 0 Å². The Balaban J connectivity index is 2.44. The average molecular weight is 394 g/mol. The fourth-order valence-corrected chi connectivity index (χ4v) is 3.69. The lowest BCUT2D eigenvalue weighted by Gasteiger charge is -2.27. The van der Waals surface area contributed by atoms with Crippen LogP contribution in [0.2, 0.25) is 0 Å². The zero-order chi connectivity index (χ0) is 20.8. The summed E-state index contributed by atoms with van der Waals surface area (Å²) in [6, 6.07) is 19.4. The Labute approximate surface area is 171 Å². The number of ether oxygens (including phenoxy) is 5. The summed E-state index contributed by atoms with van der Waals surface area (Å²) in [5.74, 6) is 3.24. The van der Waals surface area contributed by atoms with Crippen LogP contribution in [0.5, 0.6) is 28.7 Å². The van der Waals surface area contributed by atoms with Gasteiger partial charge in [-0.15, -0.1) is 0 Å². The molecule has 0 aromatic heterocycles. The molecule has 0 bridgehead atoms. The second-order valence-electron chi connectivity index (χ2n) is 6.33. The molecule has 29 heavy (non-hydrogen) atoms. The summed E-state index contributed by atoms with van der Waals surface area (Å²) in [7, 11) is 8.26. The van der Waals surface area contributed by atoms with Crippen LogP contribution in [0, 0.1) is 0 Å². The molecule has 152 valence electrons. The summed E-state index contributed by atoms with van der Waals surface area (Å²) in [5, 5.41) is 0. The molecule has 0 fully saturated rings.